The topological polar surface area (TPSA) is 9.23 Å². The van der Waals surface area contributed by atoms with Crippen LogP contribution >= 0.6 is 11.3 Å². The van der Waals surface area contributed by atoms with E-state index >= 15 is 0 Å². The van der Waals surface area contributed by atoms with Gasteiger partial charge in [-0.05, 0) is 41.2 Å². The molecule has 4 rings (SSSR count). The number of hydrogen-bond acceptors (Lipinski definition) is 2. The highest BCUT2D eigenvalue weighted by atomic mass is 32.1. The maximum atomic E-state index is 14.4. The molecule has 0 aliphatic heterocycles. The lowest BCUT2D eigenvalue weighted by atomic mass is 9.98. The average molecular weight is 354 g/mol. The van der Waals surface area contributed by atoms with E-state index < -0.39 is 28.7 Å². The van der Waals surface area contributed by atoms with E-state index in [2.05, 4.69) is 6.58 Å². The monoisotopic (exact) mass is 354 g/mol. The van der Waals surface area contributed by atoms with Crippen LogP contribution in [0.15, 0.2) is 30.8 Å². The lowest BCUT2D eigenvalue weighted by Crippen LogP contribution is -2.14. The minimum Gasteiger partial charge on any atom is -0.497 e. The van der Waals surface area contributed by atoms with E-state index in [0.29, 0.717) is 33.7 Å². The third-order valence-electron chi connectivity index (χ3n) is 4.84. The van der Waals surface area contributed by atoms with Crippen LogP contribution in [0.5, 0.6) is 5.75 Å². The quantitative estimate of drug-likeness (QED) is 0.615. The molecule has 2 aliphatic carbocycles. The molecule has 0 amide bonds. The zero-order valence-corrected chi connectivity index (χ0v) is 13.6. The van der Waals surface area contributed by atoms with Crippen LogP contribution in [0.4, 0.5) is 17.6 Å². The Morgan fingerprint density at radius 2 is 1.96 bits per heavy atom. The van der Waals surface area contributed by atoms with Crippen molar-refractivity contribution in [2.45, 2.75) is 24.7 Å². The van der Waals surface area contributed by atoms with Gasteiger partial charge in [0.05, 0.1) is 12.0 Å². The Morgan fingerprint density at radius 1 is 1.29 bits per heavy atom. The Bertz CT molecular complexity index is 822. The summed E-state index contributed by atoms with van der Waals surface area (Å²) in [5.74, 6) is -3.63. The van der Waals surface area contributed by atoms with Crippen LogP contribution in [-0.2, 0) is 5.92 Å². The zero-order chi connectivity index (χ0) is 17.2. The van der Waals surface area contributed by atoms with Crippen molar-refractivity contribution in [3.63, 3.8) is 0 Å². The van der Waals surface area contributed by atoms with E-state index in [1.54, 1.807) is 31.4 Å². The van der Waals surface area contributed by atoms with E-state index in [4.69, 9.17) is 4.74 Å². The van der Waals surface area contributed by atoms with E-state index in [1.807, 2.05) is 0 Å². The largest absolute Gasteiger partial charge is 0.497 e. The second-order valence-corrected chi connectivity index (χ2v) is 7.22. The van der Waals surface area contributed by atoms with Gasteiger partial charge in [0.2, 0.25) is 0 Å². The van der Waals surface area contributed by atoms with Crippen molar-refractivity contribution < 1.29 is 22.3 Å². The second-order valence-electron chi connectivity index (χ2n) is 6.16. The molecule has 2 atom stereocenters. The van der Waals surface area contributed by atoms with Crippen LogP contribution in [0.3, 0.4) is 0 Å². The van der Waals surface area contributed by atoms with Gasteiger partial charge in [-0.25, -0.2) is 17.6 Å². The number of benzene rings is 1. The molecule has 0 bridgehead atoms. The SMILES string of the molecule is C=C(c1ccc(OC)cc1)c1sc(C(F)F)c2c1[C@@H]1C[C@@H]1C2(F)F. The normalized spacial score (nSPS) is 23.1. The molecular formula is C18H14F4OS. The molecule has 1 fully saturated rings. The molecule has 2 aromatic rings. The molecule has 1 aromatic heterocycles. The first kappa shape index (κ1) is 15.7. The Kier molecular flexibility index (Phi) is 3.33. The fourth-order valence-corrected chi connectivity index (χ4v) is 4.82. The number of fused-ring (bicyclic) bond motifs is 3. The molecule has 1 saturated carbocycles. The molecule has 0 spiro atoms. The van der Waals surface area contributed by atoms with Crippen molar-refractivity contribution >= 4 is 16.9 Å². The predicted molar refractivity (Wildman–Crippen MR) is 85.1 cm³/mol. The van der Waals surface area contributed by atoms with E-state index in [9.17, 15) is 17.6 Å². The highest BCUT2D eigenvalue weighted by molar-refractivity contribution is 7.13. The number of halogens is 4. The molecule has 0 N–H and O–H groups in total. The van der Waals surface area contributed by atoms with Crippen LogP contribution in [-0.4, -0.2) is 7.11 Å². The molecular weight excluding hydrogens is 340 g/mol. The first-order valence-corrected chi connectivity index (χ1v) is 8.34. The number of alkyl halides is 4. The molecule has 0 radical (unpaired) electrons. The molecule has 0 saturated heterocycles. The van der Waals surface area contributed by atoms with Crippen molar-refractivity contribution in [3.05, 3.63) is 57.3 Å². The summed E-state index contributed by atoms with van der Waals surface area (Å²) in [4.78, 5) is -0.0398. The van der Waals surface area contributed by atoms with Crippen LogP contribution < -0.4 is 4.74 Å². The van der Waals surface area contributed by atoms with Crippen LogP contribution in [0, 0.1) is 5.92 Å². The standard InChI is InChI=1S/C18H14F4OS/c1-8(9-3-5-10(23-2)6-4-9)15-13-11-7-12(11)18(21,22)14(13)16(24-15)17(19)20/h3-6,11-12,17H,1,7H2,2H3/t11-,12+/m1/s1. The number of ether oxygens (including phenoxy) is 1. The Labute approximate surface area is 140 Å². The van der Waals surface area contributed by atoms with Gasteiger partial charge in [-0.15, -0.1) is 11.3 Å². The van der Waals surface area contributed by atoms with Gasteiger partial charge < -0.3 is 4.74 Å². The van der Waals surface area contributed by atoms with Gasteiger partial charge in [0.1, 0.15) is 5.75 Å². The highest BCUT2D eigenvalue weighted by Gasteiger charge is 2.66. The van der Waals surface area contributed by atoms with Crippen molar-refractivity contribution in [2.75, 3.05) is 7.11 Å². The Morgan fingerprint density at radius 3 is 2.54 bits per heavy atom. The molecule has 126 valence electrons. The van der Waals surface area contributed by atoms with Gasteiger partial charge in [-0.2, -0.15) is 0 Å². The van der Waals surface area contributed by atoms with Gasteiger partial charge >= 0.3 is 0 Å². The maximum absolute atomic E-state index is 14.4. The first-order chi connectivity index (χ1) is 11.4. The van der Waals surface area contributed by atoms with E-state index in [1.165, 1.54) is 0 Å². The van der Waals surface area contributed by atoms with Gasteiger partial charge in [-0.3, -0.25) is 0 Å². The van der Waals surface area contributed by atoms with Crippen molar-refractivity contribution in [3.8, 4) is 5.75 Å². The summed E-state index contributed by atoms with van der Waals surface area (Å²) in [7, 11) is 1.54. The van der Waals surface area contributed by atoms with Gasteiger partial charge in [0.25, 0.3) is 12.3 Å². The summed E-state index contributed by atoms with van der Waals surface area (Å²) in [6.07, 6.45) is -2.54. The molecule has 24 heavy (non-hydrogen) atoms. The fourth-order valence-electron chi connectivity index (χ4n) is 3.56. The molecule has 2 aliphatic rings. The summed E-state index contributed by atoms with van der Waals surface area (Å²) in [5.41, 5.74) is 1.18. The third-order valence-corrected chi connectivity index (χ3v) is 6.12. The summed E-state index contributed by atoms with van der Waals surface area (Å²) in [6, 6.07) is 6.98. The number of thiophene rings is 1. The first-order valence-electron chi connectivity index (χ1n) is 7.53. The number of rotatable bonds is 4. The smallest absolute Gasteiger partial charge is 0.278 e. The molecule has 1 aromatic carbocycles. The van der Waals surface area contributed by atoms with Gasteiger partial charge in [-0.1, -0.05) is 18.7 Å². The Hall–Kier alpha value is -1.82. The lowest BCUT2D eigenvalue weighted by molar-refractivity contribution is -0.0252. The summed E-state index contributed by atoms with van der Waals surface area (Å²) < 4.78 is 60.5. The molecule has 1 heterocycles. The second kappa shape index (κ2) is 5.09. The van der Waals surface area contributed by atoms with E-state index in [0.717, 1.165) is 11.3 Å². The highest BCUT2D eigenvalue weighted by Crippen LogP contribution is 2.71. The van der Waals surface area contributed by atoms with Crippen molar-refractivity contribution in [1.29, 1.82) is 0 Å². The van der Waals surface area contributed by atoms with Gasteiger partial charge in [0.15, 0.2) is 0 Å². The average Bonchev–Trinajstić information content (AvgIpc) is 3.20. The van der Waals surface area contributed by atoms with E-state index in [-0.39, 0.29) is 5.92 Å². The predicted octanol–water partition coefficient (Wildman–Crippen LogP) is 5.96. The summed E-state index contributed by atoms with van der Waals surface area (Å²) >= 11 is 0.755. The van der Waals surface area contributed by atoms with Crippen LogP contribution in [0.2, 0.25) is 0 Å². The molecule has 6 heteroatoms. The minimum atomic E-state index is -3.15. The third kappa shape index (κ3) is 2.05. The summed E-state index contributed by atoms with van der Waals surface area (Å²) in [5, 5.41) is 0. The number of methoxy groups -OCH3 is 1. The van der Waals surface area contributed by atoms with Crippen molar-refractivity contribution in [2.24, 2.45) is 5.92 Å². The van der Waals surface area contributed by atoms with Crippen molar-refractivity contribution in [1.82, 2.24) is 0 Å². The fraction of sp³-hybridized carbons (Fsp3) is 0.333. The Balaban J connectivity index is 1.82. The van der Waals surface area contributed by atoms with Crippen LogP contribution in [0.1, 0.15) is 45.2 Å². The zero-order valence-electron chi connectivity index (χ0n) is 12.8. The van der Waals surface area contributed by atoms with Crippen LogP contribution in [0.25, 0.3) is 5.57 Å². The molecule has 0 unspecified atom stereocenters. The number of hydrogen-bond donors (Lipinski definition) is 0. The maximum Gasteiger partial charge on any atom is 0.278 e. The molecule has 1 nitrogen and oxygen atoms in total. The lowest BCUT2D eigenvalue weighted by Gasteiger charge is -2.13. The van der Waals surface area contributed by atoms with Gasteiger partial charge in [0, 0.05) is 16.4 Å². The summed E-state index contributed by atoms with van der Waals surface area (Å²) in [6.45, 7) is 3.98. The minimum absolute atomic E-state index is 0.316.